The van der Waals surface area contributed by atoms with Crippen molar-refractivity contribution in [1.29, 1.82) is 0 Å². The van der Waals surface area contributed by atoms with Crippen LogP contribution >= 0.6 is 0 Å². The molecule has 67 heavy (non-hydrogen) atoms. The van der Waals surface area contributed by atoms with E-state index < -0.39 is 11.2 Å². The predicted octanol–water partition coefficient (Wildman–Crippen LogP) is 11.1. The fourth-order valence-electron chi connectivity index (χ4n) is 11.3. The molecule has 4 aliphatic rings. The van der Waals surface area contributed by atoms with Gasteiger partial charge in [-0.05, 0) is 148 Å². The Morgan fingerprint density at radius 3 is 1.43 bits per heavy atom. The van der Waals surface area contributed by atoms with Crippen molar-refractivity contribution in [2.24, 2.45) is 39.1 Å². The first-order chi connectivity index (χ1) is 31.9. The molecule has 2 aromatic rings. The number of carbonyl (C=O) groups excluding carboxylic acids is 4. The first kappa shape index (κ1) is 53.5. The van der Waals surface area contributed by atoms with Crippen molar-refractivity contribution < 1.29 is 28.7 Å². The number of hydrogen-bond donors (Lipinski definition) is 2. The molecule has 2 aliphatic heterocycles. The fourth-order valence-corrected chi connectivity index (χ4v) is 11.3. The molecule has 2 aliphatic carbocycles. The van der Waals surface area contributed by atoms with Crippen LogP contribution < -0.4 is 11.5 Å². The monoisotopic (exact) mass is 927 g/mol. The van der Waals surface area contributed by atoms with Gasteiger partial charge in [0.1, 0.15) is 17.7 Å². The Morgan fingerprint density at radius 2 is 1.03 bits per heavy atom. The summed E-state index contributed by atoms with van der Waals surface area (Å²) in [7, 11) is 0. The maximum atomic E-state index is 13.2. The van der Waals surface area contributed by atoms with Crippen LogP contribution in [-0.2, 0) is 9.47 Å². The standard InChI is InChI=1S/C36H50N4O4.C19H36N2O2/c1-35(2,3)44-34(43)39-24-21-36(22-25-39,30-18-11-6-12-19-30)20-13-23-40(27-32(42)29-16-9-5-10-17-29)33(37)38-26-31(41)28-14-7-4-8-15-28;1-18(2,3)23-17(22)21-14-11-19(12-15-21,10-7-13-20)16-8-5-4-6-9-16/h4-5,7-10,14-17,30H,6,11-13,18-27H2,1-3H3,(H2,37,38);16H,4-15,20H2,1-3H3. The highest BCUT2D eigenvalue weighted by Gasteiger charge is 2.44. The second-order valence-electron chi connectivity index (χ2n) is 22.0. The molecule has 2 saturated carbocycles. The van der Waals surface area contributed by atoms with Gasteiger partial charge in [0.2, 0.25) is 0 Å². The average molecular weight is 927 g/mol. The van der Waals surface area contributed by atoms with Crippen LogP contribution in [0.5, 0.6) is 0 Å². The van der Waals surface area contributed by atoms with Crippen molar-refractivity contribution in [3.05, 3.63) is 71.8 Å². The van der Waals surface area contributed by atoms with E-state index in [9.17, 15) is 19.2 Å². The van der Waals surface area contributed by atoms with Crippen LogP contribution in [0, 0.1) is 22.7 Å². The molecule has 0 atom stereocenters. The van der Waals surface area contributed by atoms with Crippen molar-refractivity contribution >= 4 is 29.7 Å². The molecule has 0 spiro atoms. The zero-order valence-electron chi connectivity index (χ0n) is 42.2. The number of Topliss-reactive ketones (excluding diaryl/α,β-unsaturated/α-hetero) is 2. The minimum atomic E-state index is -0.511. The lowest BCUT2D eigenvalue weighted by Gasteiger charge is -2.48. The number of benzene rings is 2. The molecule has 0 bridgehead atoms. The summed E-state index contributed by atoms with van der Waals surface area (Å²) in [6.07, 6.45) is 21.1. The number of nitrogens with zero attached hydrogens (tertiary/aromatic N) is 4. The Labute approximate surface area is 403 Å². The number of likely N-dealkylation sites (tertiary alicyclic amines) is 2. The molecule has 0 radical (unpaired) electrons. The van der Waals surface area contributed by atoms with E-state index in [1.54, 1.807) is 12.1 Å². The Hall–Kier alpha value is -4.45. The highest BCUT2D eigenvalue weighted by molar-refractivity contribution is 6.01. The average Bonchev–Trinajstić information content (AvgIpc) is 3.32. The van der Waals surface area contributed by atoms with Gasteiger partial charge in [0, 0.05) is 43.9 Å². The van der Waals surface area contributed by atoms with Crippen LogP contribution in [-0.4, -0.2) is 108 Å². The second-order valence-corrected chi connectivity index (χ2v) is 22.0. The van der Waals surface area contributed by atoms with E-state index in [0.29, 0.717) is 42.1 Å². The molecule has 12 nitrogen and oxygen atoms in total. The number of aliphatic imine (C=N–C) groups is 1. The first-order valence-corrected chi connectivity index (χ1v) is 25.8. The lowest BCUT2D eigenvalue weighted by molar-refractivity contribution is -0.0105. The first-order valence-electron chi connectivity index (χ1n) is 25.8. The molecule has 372 valence electrons. The molecular formula is C55H86N6O6. The summed E-state index contributed by atoms with van der Waals surface area (Å²) in [4.78, 5) is 61.1. The Morgan fingerprint density at radius 1 is 0.627 bits per heavy atom. The van der Waals surface area contributed by atoms with Gasteiger partial charge < -0.3 is 35.6 Å². The topological polar surface area (TPSA) is 161 Å². The molecule has 4 fully saturated rings. The van der Waals surface area contributed by atoms with Gasteiger partial charge in [0.15, 0.2) is 17.5 Å². The van der Waals surface area contributed by atoms with Crippen LogP contribution in [0.15, 0.2) is 65.7 Å². The van der Waals surface area contributed by atoms with E-state index >= 15 is 0 Å². The normalized spacial score (nSPS) is 19.4. The third-order valence-corrected chi connectivity index (χ3v) is 15.0. The summed E-state index contributed by atoms with van der Waals surface area (Å²) in [5.41, 5.74) is 13.1. The predicted molar refractivity (Wildman–Crippen MR) is 269 cm³/mol. The lowest BCUT2D eigenvalue weighted by Crippen LogP contribution is -2.48. The van der Waals surface area contributed by atoms with Crippen molar-refractivity contribution in [1.82, 2.24) is 14.7 Å². The Kier molecular flexibility index (Phi) is 20.2. The number of amides is 2. The number of carbonyl (C=O) groups is 4. The van der Waals surface area contributed by atoms with Gasteiger partial charge in [-0.1, -0.05) is 99.2 Å². The smallest absolute Gasteiger partial charge is 0.410 e. The number of ketones is 2. The molecule has 2 amide bonds. The minimum Gasteiger partial charge on any atom is -0.444 e. The summed E-state index contributed by atoms with van der Waals surface area (Å²) in [5, 5.41) is 0. The van der Waals surface area contributed by atoms with Gasteiger partial charge in [0.05, 0.1) is 6.54 Å². The number of ether oxygens (including phenoxy) is 2. The number of nitrogens with two attached hydrogens (primary N) is 2. The molecule has 2 heterocycles. The van der Waals surface area contributed by atoms with Crippen LogP contribution in [0.3, 0.4) is 0 Å². The molecular weight excluding hydrogens is 841 g/mol. The zero-order valence-corrected chi connectivity index (χ0v) is 42.2. The fraction of sp³-hybridized carbons (Fsp3) is 0.691. The largest absolute Gasteiger partial charge is 0.444 e. The molecule has 4 N–H and O–H groups in total. The van der Waals surface area contributed by atoms with Crippen LogP contribution in [0.2, 0.25) is 0 Å². The summed E-state index contributed by atoms with van der Waals surface area (Å²) >= 11 is 0. The Bertz CT molecular complexity index is 1860. The molecule has 2 saturated heterocycles. The van der Waals surface area contributed by atoms with Gasteiger partial charge in [-0.25, -0.2) is 14.6 Å². The SMILES string of the molecule is CC(C)(C)OC(=O)N1CCC(CCCN(CC(=O)c2ccccc2)C(N)=NCC(=O)c2ccccc2)(C2CCCCC2)CC1.CC(C)(C)OC(=O)N1CCC(CCCN)(C2CCCCC2)CC1. The van der Waals surface area contributed by atoms with Gasteiger partial charge in [0.25, 0.3) is 0 Å². The van der Waals surface area contributed by atoms with Gasteiger partial charge in [-0.3, -0.25) is 9.59 Å². The summed E-state index contributed by atoms with van der Waals surface area (Å²) in [6.45, 7) is 16.0. The van der Waals surface area contributed by atoms with Gasteiger partial charge in [-0.2, -0.15) is 0 Å². The summed E-state index contributed by atoms with van der Waals surface area (Å²) < 4.78 is 11.2. The number of rotatable bonds is 15. The summed E-state index contributed by atoms with van der Waals surface area (Å²) in [6, 6.07) is 18.3. The maximum absolute atomic E-state index is 13.2. The van der Waals surface area contributed by atoms with E-state index in [-0.39, 0.29) is 48.2 Å². The molecule has 2 aromatic carbocycles. The Balaban J connectivity index is 0.000000306. The third-order valence-electron chi connectivity index (χ3n) is 15.0. The molecule has 0 aromatic heterocycles. The minimum absolute atomic E-state index is 0.0363. The van der Waals surface area contributed by atoms with Crippen molar-refractivity contribution in [3.8, 4) is 0 Å². The summed E-state index contributed by atoms with van der Waals surface area (Å²) in [5.74, 6) is 1.53. The van der Waals surface area contributed by atoms with Crippen molar-refractivity contribution in [2.75, 3.05) is 52.4 Å². The van der Waals surface area contributed by atoms with Crippen molar-refractivity contribution in [2.45, 2.75) is 168 Å². The number of piperidine rings is 2. The van der Waals surface area contributed by atoms with Crippen molar-refractivity contribution in [3.63, 3.8) is 0 Å². The van der Waals surface area contributed by atoms with Crippen LogP contribution in [0.4, 0.5) is 9.59 Å². The second kappa shape index (κ2) is 25.2. The molecule has 6 rings (SSSR count). The van der Waals surface area contributed by atoms with E-state index in [4.69, 9.17) is 20.9 Å². The highest BCUT2D eigenvalue weighted by atomic mass is 16.6. The van der Waals surface area contributed by atoms with E-state index in [2.05, 4.69) is 4.99 Å². The highest BCUT2D eigenvalue weighted by Crippen LogP contribution is 2.50. The van der Waals surface area contributed by atoms with Crippen LogP contribution in [0.25, 0.3) is 0 Å². The zero-order chi connectivity index (χ0) is 48.5. The third kappa shape index (κ3) is 16.6. The van der Waals surface area contributed by atoms with Gasteiger partial charge in [-0.15, -0.1) is 0 Å². The molecule has 12 heteroatoms. The van der Waals surface area contributed by atoms with Gasteiger partial charge >= 0.3 is 12.2 Å². The van der Waals surface area contributed by atoms with E-state index in [0.717, 1.165) is 70.5 Å². The number of hydrogen-bond acceptors (Lipinski definition) is 8. The van der Waals surface area contributed by atoms with Crippen LogP contribution in [0.1, 0.15) is 178 Å². The molecule has 0 unspecified atom stereocenters. The lowest BCUT2D eigenvalue weighted by atomic mass is 9.61. The van der Waals surface area contributed by atoms with E-state index in [1.807, 2.05) is 105 Å². The van der Waals surface area contributed by atoms with E-state index in [1.165, 1.54) is 70.6 Å². The quantitative estimate of drug-likeness (QED) is 0.101. The number of guanidine groups is 1. The maximum Gasteiger partial charge on any atom is 0.410 e.